The maximum absolute atomic E-state index is 11.9. The number of hydrogen-bond acceptors (Lipinski definition) is 4. The molecule has 0 spiro atoms. The van der Waals surface area contributed by atoms with E-state index in [2.05, 4.69) is 17.1 Å². The first kappa shape index (κ1) is 18.2. The Hall–Kier alpha value is -3.60. The first-order valence-electron chi connectivity index (χ1n) is 8.52. The molecule has 0 radical (unpaired) electrons. The van der Waals surface area contributed by atoms with Gasteiger partial charge in [-0.3, -0.25) is 4.79 Å². The zero-order chi connectivity index (χ0) is 18.9. The van der Waals surface area contributed by atoms with Gasteiger partial charge in [0.15, 0.2) is 6.61 Å². The lowest BCUT2D eigenvalue weighted by atomic mass is 10.1. The zero-order valence-electron chi connectivity index (χ0n) is 14.8. The van der Waals surface area contributed by atoms with Crippen molar-refractivity contribution in [2.75, 3.05) is 13.2 Å². The molecule has 0 unspecified atom stereocenters. The Bertz CT molecular complexity index is 966. The van der Waals surface area contributed by atoms with Crippen LogP contribution in [0.25, 0.3) is 10.8 Å². The highest BCUT2D eigenvalue weighted by molar-refractivity contribution is 5.86. The fourth-order valence-electron chi connectivity index (χ4n) is 2.48. The van der Waals surface area contributed by atoms with Crippen molar-refractivity contribution in [1.29, 1.82) is 0 Å². The third kappa shape index (κ3) is 5.19. The van der Waals surface area contributed by atoms with E-state index in [0.29, 0.717) is 18.1 Å². The van der Waals surface area contributed by atoms with Gasteiger partial charge in [0.05, 0.1) is 6.21 Å². The number of hydrazone groups is 1. The third-order valence-electron chi connectivity index (χ3n) is 3.76. The van der Waals surface area contributed by atoms with E-state index < -0.39 is 0 Å². The minimum Gasteiger partial charge on any atom is -0.489 e. The first-order valence-corrected chi connectivity index (χ1v) is 8.52. The van der Waals surface area contributed by atoms with Gasteiger partial charge in [-0.25, -0.2) is 5.43 Å². The van der Waals surface area contributed by atoms with Crippen molar-refractivity contribution < 1.29 is 14.3 Å². The van der Waals surface area contributed by atoms with Crippen LogP contribution in [0.15, 0.2) is 84.5 Å². The van der Waals surface area contributed by atoms with Gasteiger partial charge in [-0.1, -0.05) is 55.1 Å². The summed E-state index contributed by atoms with van der Waals surface area (Å²) in [5, 5.41) is 6.14. The second-order valence-electron chi connectivity index (χ2n) is 5.73. The van der Waals surface area contributed by atoms with Crippen molar-refractivity contribution in [3.63, 3.8) is 0 Å². The van der Waals surface area contributed by atoms with Gasteiger partial charge < -0.3 is 9.47 Å². The number of carbonyl (C=O) groups excluding carboxylic acids is 1. The molecule has 0 bridgehead atoms. The van der Waals surface area contributed by atoms with E-state index in [1.54, 1.807) is 6.08 Å². The molecule has 3 aromatic rings. The van der Waals surface area contributed by atoms with Crippen molar-refractivity contribution >= 4 is 22.9 Å². The van der Waals surface area contributed by atoms with Crippen LogP contribution in [0.1, 0.15) is 5.56 Å². The average molecular weight is 360 g/mol. The summed E-state index contributed by atoms with van der Waals surface area (Å²) in [6, 6.07) is 21.1. The molecule has 0 saturated carbocycles. The summed E-state index contributed by atoms with van der Waals surface area (Å²) in [6.45, 7) is 3.90. The molecule has 0 aliphatic carbocycles. The van der Waals surface area contributed by atoms with Gasteiger partial charge in [0, 0.05) is 5.56 Å². The molecule has 0 aliphatic heterocycles. The minimum atomic E-state index is -0.344. The first-order chi connectivity index (χ1) is 13.3. The van der Waals surface area contributed by atoms with Crippen LogP contribution < -0.4 is 14.9 Å². The maximum atomic E-state index is 11.9. The van der Waals surface area contributed by atoms with E-state index in [0.717, 1.165) is 16.3 Å². The van der Waals surface area contributed by atoms with Gasteiger partial charge in [0.25, 0.3) is 5.91 Å². The van der Waals surface area contributed by atoms with Crippen LogP contribution in [0.4, 0.5) is 0 Å². The van der Waals surface area contributed by atoms with E-state index >= 15 is 0 Å². The summed E-state index contributed by atoms with van der Waals surface area (Å²) in [6.07, 6.45) is 3.20. The van der Waals surface area contributed by atoms with Crippen LogP contribution in [0, 0.1) is 0 Å². The largest absolute Gasteiger partial charge is 0.489 e. The lowest BCUT2D eigenvalue weighted by molar-refractivity contribution is -0.123. The zero-order valence-corrected chi connectivity index (χ0v) is 14.8. The molecule has 3 rings (SSSR count). The number of ether oxygens (including phenoxy) is 2. The van der Waals surface area contributed by atoms with Crippen LogP contribution in [0.5, 0.6) is 11.5 Å². The van der Waals surface area contributed by atoms with E-state index in [1.165, 1.54) is 6.21 Å². The third-order valence-corrected chi connectivity index (χ3v) is 3.76. The van der Waals surface area contributed by atoms with Crippen molar-refractivity contribution in [3.8, 4) is 11.5 Å². The minimum absolute atomic E-state index is 0.121. The van der Waals surface area contributed by atoms with E-state index in [1.807, 2.05) is 66.7 Å². The van der Waals surface area contributed by atoms with E-state index in [9.17, 15) is 4.79 Å². The molecule has 136 valence electrons. The maximum Gasteiger partial charge on any atom is 0.277 e. The number of amides is 1. The number of carbonyl (C=O) groups is 1. The van der Waals surface area contributed by atoms with Gasteiger partial charge in [-0.05, 0) is 35.0 Å². The molecule has 5 nitrogen and oxygen atoms in total. The molecule has 1 amide bonds. The van der Waals surface area contributed by atoms with Crippen LogP contribution in [-0.2, 0) is 4.79 Å². The van der Waals surface area contributed by atoms with E-state index in [4.69, 9.17) is 9.47 Å². The predicted octanol–water partition coefficient (Wildman–Crippen LogP) is 3.93. The highest BCUT2D eigenvalue weighted by atomic mass is 16.5. The van der Waals surface area contributed by atoms with E-state index in [-0.39, 0.29) is 12.5 Å². The Morgan fingerprint density at radius 2 is 1.78 bits per heavy atom. The number of nitrogens with zero attached hydrogens (tertiary/aromatic N) is 1. The van der Waals surface area contributed by atoms with Gasteiger partial charge in [0.1, 0.15) is 18.1 Å². The highest BCUT2D eigenvalue weighted by Crippen LogP contribution is 2.20. The van der Waals surface area contributed by atoms with Crippen molar-refractivity contribution in [3.05, 3.63) is 84.9 Å². The molecular formula is C22H20N2O3. The molecule has 0 heterocycles. The molecule has 0 aromatic heterocycles. The number of hydrogen-bond donors (Lipinski definition) is 1. The summed E-state index contributed by atoms with van der Waals surface area (Å²) in [5.41, 5.74) is 3.21. The van der Waals surface area contributed by atoms with Gasteiger partial charge >= 0.3 is 0 Å². The fourth-order valence-corrected chi connectivity index (χ4v) is 2.48. The molecule has 3 aromatic carbocycles. The molecule has 27 heavy (non-hydrogen) atoms. The number of rotatable bonds is 8. The van der Waals surface area contributed by atoms with Crippen LogP contribution in [-0.4, -0.2) is 25.3 Å². The summed E-state index contributed by atoms with van der Waals surface area (Å²) >= 11 is 0. The monoisotopic (exact) mass is 360 g/mol. The summed E-state index contributed by atoms with van der Waals surface area (Å²) < 4.78 is 11.1. The molecule has 1 N–H and O–H groups in total. The predicted molar refractivity (Wildman–Crippen MR) is 107 cm³/mol. The van der Waals surface area contributed by atoms with Gasteiger partial charge in [-0.2, -0.15) is 5.10 Å². The summed E-state index contributed by atoms with van der Waals surface area (Å²) in [4.78, 5) is 11.9. The Morgan fingerprint density at radius 3 is 2.63 bits per heavy atom. The number of nitrogens with one attached hydrogen (secondary N) is 1. The Morgan fingerprint density at radius 1 is 1.00 bits per heavy atom. The number of para-hydroxylation sites is 1. The van der Waals surface area contributed by atoms with Crippen molar-refractivity contribution in [2.24, 2.45) is 5.10 Å². The Labute approximate surface area is 157 Å². The number of fused-ring (bicyclic) bond motifs is 1. The topological polar surface area (TPSA) is 59.9 Å². The smallest absolute Gasteiger partial charge is 0.277 e. The molecule has 0 aliphatic rings. The molecule has 0 saturated heterocycles. The van der Waals surface area contributed by atoms with Crippen molar-refractivity contribution in [1.82, 2.24) is 5.43 Å². The SMILES string of the molecule is C=CCOc1ccccc1/C=N/NC(=O)COc1ccc2ccccc2c1. The Kier molecular flexibility index (Phi) is 6.20. The fraction of sp³-hybridized carbons (Fsp3) is 0.0909. The van der Waals surface area contributed by atoms with Crippen LogP contribution in [0.2, 0.25) is 0 Å². The second-order valence-corrected chi connectivity index (χ2v) is 5.73. The van der Waals surface area contributed by atoms with Gasteiger partial charge in [0.2, 0.25) is 0 Å². The standard InChI is InChI=1S/C22H20N2O3/c1-2-13-26-21-10-6-5-9-19(21)15-23-24-22(25)16-27-20-12-11-17-7-3-4-8-18(17)14-20/h2-12,14-15H,1,13,16H2,(H,24,25)/b23-15+. The quantitative estimate of drug-likeness (QED) is 0.376. The normalized spacial score (nSPS) is 10.7. The second kappa shape index (κ2) is 9.20. The Balaban J connectivity index is 1.53. The lowest BCUT2D eigenvalue weighted by Crippen LogP contribution is -2.24. The lowest BCUT2D eigenvalue weighted by Gasteiger charge is -2.07. The van der Waals surface area contributed by atoms with Gasteiger partial charge in [-0.15, -0.1) is 0 Å². The van der Waals surface area contributed by atoms with Crippen molar-refractivity contribution in [2.45, 2.75) is 0 Å². The average Bonchev–Trinajstić information content (AvgIpc) is 2.71. The summed E-state index contributed by atoms with van der Waals surface area (Å²) in [7, 11) is 0. The summed E-state index contributed by atoms with van der Waals surface area (Å²) in [5.74, 6) is 0.961. The van der Waals surface area contributed by atoms with Crippen LogP contribution in [0.3, 0.4) is 0 Å². The molecule has 5 heteroatoms. The van der Waals surface area contributed by atoms with Crippen LogP contribution >= 0.6 is 0 Å². The highest BCUT2D eigenvalue weighted by Gasteiger charge is 2.03. The number of benzene rings is 3. The molecule has 0 atom stereocenters. The molecular weight excluding hydrogens is 340 g/mol. The molecule has 0 fully saturated rings.